The maximum atomic E-state index is 12.5. The first kappa shape index (κ1) is 13.6. The topological polar surface area (TPSA) is 83.0 Å². The van der Waals surface area contributed by atoms with Crippen molar-refractivity contribution in [2.75, 3.05) is 17.2 Å². The molecule has 0 spiro atoms. The molecular formula is C15H14N4O. The Labute approximate surface area is 117 Å². The van der Waals surface area contributed by atoms with E-state index in [1.54, 1.807) is 18.2 Å². The van der Waals surface area contributed by atoms with Gasteiger partial charge in [0, 0.05) is 12.2 Å². The molecule has 0 saturated carbocycles. The van der Waals surface area contributed by atoms with Crippen LogP contribution in [0.2, 0.25) is 0 Å². The molecule has 1 amide bonds. The molecule has 2 N–H and O–H groups in total. The van der Waals surface area contributed by atoms with Crippen LogP contribution in [0, 0.1) is 11.3 Å². The average molecular weight is 266 g/mol. The van der Waals surface area contributed by atoms with E-state index in [-0.39, 0.29) is 18.0 Å². The number of rotatable bonds is 4. The molecular weight excluding hydrogens is 252 g/mol. The van der Waals surface area contributed by atoms with Crippen LogP contribution in [-0.4, -0.2) is 17.4 Å². The number of pyridine rings is 1. The number of nitrogens with two attached hydrogens (primary N) is 1. The maximum Gasteiger partial charge on any atom is 0.276 e. The molecule has 2 rings (SSSR count). The van der Waals surface area contributed by atoms with Crippen LogP contribution in [0.15, 0.2) is 48.5 Å². The predicted molar refractivity (Wildman–Crippen MR) is 77.0 cm³/mol. The number of nitrogen functional groups attached to an aromatic ring is 1. The Hall–Kier alpha value is -2.87. The summed E-state index contributed by atoms with van der Waals surface area (Å²) in [6, 6.07) is 16.2. The van der Waals surface area contributed by atoms with E-state index < -0.39 is 0 Å². The molecule has 1 heterocycles. The molecule has 0 unspecified atom stereocenters. The maximum absolute atomic E-state index is 12.5. The van der Waals surface area contributed by atoms with Crippen LogP contribution in [0.1, 0.15) is 16.9 Å². The van der Waals surface area contributed by atoms with E-state index in [2.05, 4.69) is 4.98 Å². The van der Waals surface area contributed by atoms with E-state index >= 15 is 0 Å². The van der Waals surface area contributed by atoms with Crippen molar-refractivity contribution in [1.82, 2.24) is 4.98 Å². The summed E-state index contributed by atoms with van der Waals surface area (Å²) in [6.45, 7) is 0.315. The predicted octanol–water partition coefficient (Wildman–Crippen LogP) is 2.22. The molecule has 1 aromatic heterocycles. The van der Waals surface area contributed by atoms with Gasteiger partial charge in [0.15, 0.2) is 0 Å². The average Bonchev–Trinajstić information content (AvgIpc) is 2.48. The Kier molecular flexibility index (Phi) is 4.30. The first-order valence-electron chi connectivity index (χ1n) is 6.19. The molecule has 0 saturated heterocycles. The molecule has 1 aromatic carbocycles. The van der Waals surface area contributed by atoms with Crippen LogP contribution in [0.5, 0.6) is 0 Å². The molecule has 0 aliphatic carbocycles. The number of hydrogen-bond donors (Lipinski definition) is 1. The van der Waals surface area contributed by atoms with Crippen LogP contribution in [0.25, 0.3) is 0 Å². The van der Waals surface area contributed by atoms with Gasteiger partial charge in [0.1, 0.15) is 11.5 Å². The van der Waals surface area contributed by atoms with Crippen molar-refractivity contribution in [2.45, 2.75) is 6.42 Å². The summed E-state index contributed by atoms with van der Waals surface area (Å²) in [5.41, 5.74) is 6.60. The Morgan fingerprint density at radius 2 is 1.95 bits per heavy atom. The second kappa shape index (κ2) is 6.34. The lowest BCUT2D eigenvalue weighted by Gasteiger charge is -2.21. The monoisotopic (exact) mass is 266 g/mol. The largest absolute Gasteiger partial charge is 0.384 e. The molecule has 20 heavy (non-hydrogen) atoms. The van der Waals surface area contributed by atoms with Gasteiger partial charge in [-0.05, 0) is 24.3 Å². The van der Waals surface area contributed by atoms with E-state index in [1.165, 1.54) is 4.90 Å². The molecule has 2 aromatic rings. The van der Waals surface area contributed by atoms with Crippen molar-refractivity contribution in [2.24, 2.45) is 0 Å². The van der Waals surface area contributed by atoms with Gasteiger partial charge >= 0.3 is 0 Å². The number of hydrogen-bond acceptors (Lipinski definition) is 4. The highest BCUT2D eigenvalue weighted by Crippen LogP contribution is 2.17. The van der Waals surface area contributed by atoms with Crippen molar-refractivity contribution in [3.8, 4) is 6.07 Å². The first-order valence-corrected chi connectivity index (χ1v) is 6.19. The first-order chi connectivity index (χ1) is 9.72. The Morgan fingerprint density at radius 3 is 2.60 bits per heavy atom. The number of benzene rings is 1. The molecule has 0 aliphatic rings. The molecule has 100 valence electrons. The minimum absolute atomic E-state index is 0.253. The van der Waals surface area contributed by atoms with Gasteiger partial charge in [-0.25, -0.2) is 4.98 Å². The van der Waals surface area contributed by atoms with Crippen LogP contribution >= 0.6 is 0 Å². The van der Waals surface area contributed by atoms with Crippen molar-refractivity contribution < 1.29 is 4.79 Å². The van der Waals surface area contributed by atoms with Crippen LogP contribution < -0.4 is 10.6 Å². The van der Waals surface area contributed by atoms with Gasteiger partial charge in [0.05, 0.1) is 12.5 Å². The Balaban J connectivity index is 2.32. The number of para-hydroxylation sites is 1. The number of aromatic nitrogens is 1. The number of anilines is 2. The molecule has 5 heteroatoms. The third-order valence-electron chi connectivity index (χ3n) is 2.75. The van der Waals surface area contributed by atoms with E-state index in [4.69, 9.17) is 11.0 Å². The minimum atomic E-state index is -0.265. The molecule has 0 atom stereocenters. The lowest BCUT2D eigenvalue weighted by Crippen LogP contribution is -2.32. The van der Waals surface area contributed by atoms with Crippen molar-refractivity contribution in [3.05, 3.63) is 54.2 Å². The zero-order chi connectivity index (χ0) is 14.4. The Bertz CT molecular complexity index is 634. The smallest absolute Gasteiger partial charge is 0.276 e. The minimum Gasteiger partial charge on any atom is -0.384 e. The quantitative estimate of drug-likeness (QED) is 0.919. The second-order valence-electron chi connectivity index (χ2n) is 4.15. The highest BCUT2D eigenvalue weighted by atomic mass is 16.2. The van der Waals surface area contributed by atoms with Crippen LogP contribution in [0.3, 0.4) is 0 Å². The second-order valence-corrected chi connectivity index (χ2v) is 4.15. The summed E-state index contributed by atoms with van der Waals surface area (Å²) in [6.07, 6.45) is 0.253. The van der Waals surface area contributed by atoms with Gasteiger partial charge < -0.3 is 10.6 Å². The van der Waals surface area contributed by atoms with Gasteiger partial charge in [-0.1, -0.05) is 24.3 Å². The number of carbonyl (C=O) groups excluding carboxylic acids is 1. The standard InChI is InChI=1S/C15H14N4O/c16-10-5-11-19(12-6-2-1-3-7-12)15(20)13-8-4-9-14(17)18-13/h1-4,6-9H,5,11H2,(H2,17,18). The summed E-state index contributed by atoms with van der Waals surface area (Å²) < 4.78 is 0. The number of nitriles is 1. The van der Waals surface area contributed by atoms with Gasteiger partial charge in [-0.3, -0.25) is 4.79 Å². The van der Waals surface area contributed by atoms with Gasteiger partial charge in [-0.15, -0.1) is 0 Å². The summed E-state index contributed by atoms with van der Waals surface area (Å²) in [7, 11) is 0. The van der Waals surface area contributed by atoms with Gasteiger partial charge in [0.25, 0.3) is 5.91 Å². The highest BCUT2D eigenvalue weighted by Gasteiger charge is 2.18. The summed E-state index contributed by atoms with van der Waals surface area (Å²) in [5.74, 6) is 0.0305. The fourth-order valence-electron chi connectivity index (χ4n) is 1.83. The highest BCUT2D eigenvalue weighted by molar-refractivity contribution is 6.04. The number of amides is 1. The van der Waals surface area contributed by atoms with E-state index in [1.807, 2.05) is 36.4 Å². The molecule has 0 bridgehead atoms. The number of carbonyl (C=O) groups is 1. The third kappa shape index (κ3) is 3.12. The normalized spacial score (nSPS) is 9.75. The zero-order valence-corrected chi connectivity index (χ0v) is 10.9. The fraction of sp³-hybridized carbons (Fsp3) is 0.133. The van der Waals surface area contributed by atoms with E-state index in [9.17, 15) is 4.79 Å². The summed E-state index contributed by atoms with van der Waals surface area (Å²) >= 11 is 0. The van der Waals surface area contributed by atoms with E-state index in [0.717, 1.165) is 5.69 Å². The van der Waals surface area contributed by atoms with Gasteiger partial charge in [0.2, 0.25) is 0 Å². The molecule has 0 aliphatic heterocycles. The number of nitrogens with zero attached hydrogens (tertiary/aromatic N) is 3. The van der Waals surface area contributed by atoms with Crippen molar-refractivity contribution in [3.63, 3.8) is 0 Å². The fourth-order valence-corrected chi connectivity index (χ4v) is 1.83. The lowest BCUT2D eigenvalue weighted by atomic mass is 10.2. The molecule has 0 radical (unpaired) electrons. The summed E-state index contributed by atoms with van der Waals surface area (Å²) in [4.78, 5) is 18.1. The van der Waals surface area contributed by atoms with Crippen LogP contribution in [-0.2, 0) is 0 Å². The summed E-state index contributed by atoms with van der Waals surface area (Å²) in [5, 5.41) is 8.73. The molecule has 0 fully saturated rings. The third-order valence-corrected chi connectivity index (χ3v) is 2.75. The van der Waals surface area contributed by atoms with Gasteiger partial charge in [-0.2, -0.15) is 5.26 Å². The lowest BCUT2D eigenvalue weighted by molar-refractivity contribution is 0.0983. The molecule has 5 nitrogen and oxygen atoms in total. The van der Waals surface area contributed by atoms with Crippen molar-refractivity contribution >= 4 is 17.4 Å². The van der Waals surface area contributed by atoms with Crippen molar-refractivity contribution in [1.29, 1.82) is 5.26 Å². The SMILES string of the molecule is N#CCCN(C(=O)c1cccc(N)n1)c1ccccc1. The zero-order valence-electron chi connectivity index (χ0n) is 10.9. The Morgan fingerprint density at radius 1 is 1.20 bits per heavy atom. The van der Waals surface area contributed by atoms with E-state index in [0.29, 0.717) is 12.4 Å². The van der Waals surface area contributed by atoms with Crippen LogP contribution in [0.4, 0.5) is 11.5 Å².